The molecular formula is C14H17F5N2. The van der Waals surface area contributed by atoms with Crippen LogP contribution in [0.2, 0.25) is 0 Å². The molecule has 0 saturated carbocycles. The van der Waals surface area contributed by atoms with Crippen molar-refractivity contribution in [3.05, 3.63) is 29.5 Å². The molecule has 0 atom stereocenters. The third kappa shape index (κ3) is 3.92. The highest BCUT2D eigenvalue weighted by atomic mass is 19.4. The fourth-order valence-electron chi connectivity index (χ4n) is 1.95. The average Bonchev–Trinajstić information content (AvgIpc) is 2.71. The van der Waals surface area contributed by atoms with E-state index in [1.165, 1.54) is 0 Å². The molecular weight excluding hydrogens is 291 g/mol. The van der Waals surface area contributed by atoms with E-state index in [1.54, 1.807) is 13.8 Å². The molecule has 0 spiro atoms. The van der Waals surface area contributed by atoms with E-state index < -0.39 is 30.3 Å². The van der Waals surface area contributed by atoms with Crippen LogP contribution in [0.3, 0.4) is 0 Å². The lowest BCUT2D eigenvalue weighted by Crippen LogP contribution is -2.17. The highest BCUT2D eigenvalue weighted by Gasteiger charge is 2.29. The number of aromatic nitrogens is 2. The van der Waals surface area contributed by atoms with Gasteiger partial charge in [0.05, 0.1) is 10.9 Å². The quantitative estimate of drug-likeness (QED) is 0.712. The zero-order valence-electron chi connectivity index (χ0n) is 12.2. The van der Waals surface area contributed by atoms with Crippen molar-refractivity contribution < 1.29 is 22.0 Å². The van der Waals surface area contributed by atoms with Gasteiger partial charge < -0.3 is 0 Å². The predicted octanol–water partition coefficient (Wildman–Crippen LogP) is 5.03. The van der Waals surface area contributed by atoms with Gasteiger partial charge in [0.1, 0.15) is 18.2 Å². The summed E-state index contributed by atoms with van der Waals surface area (Å²) < 4.78 is 65.0. The number of hydrogen-bond acceptors (Lipinski definition) is 1. The van der Waals surface area contributed by atoms with Crippen molar-refractivity contribution in [3.63, 3.8) is 0 Å². The van der Waals surface area contributed by atoms with Gasteiger partial charge in [-0.05, 0) is 5.92 Å². The second-order valence-electron chi connectivity index (χ2n) is 4.62. The smallest absolute Gasteiger partial charge is 0.262 e. The molecule has 2 aromatic rings. The van der Waals surface area contributed by atoms with Crippen molar-refractivity contribution in [1.82, 2.24) is 9.78 Å². The molecule has 1 heterocycles. The van der Waals surface area contributed by atoms with Crippen LogP contribution in [0.5, 0.6) is 0 Å². The first-order valence-corrected chi connectivity index (χ1v) is 6.61. The van der Waals surface area contributed by atoms with Crippen LogP contribution in [0.4, 0.5) is 22.0 Å². The van der Waals surface area contributed by atoms with E-state index in [-0.39, 0.29) is 16.5 Å². The van der Waals surface area contributed by atoms with Gasteiger partial charge in [-0.15, -0.1) is 0 Å². The zero-order valence-corrected chi connectivity index (χ0v) is 12.2. The van der Waals surface area contributed by atoms with Crippen molar-refractivity contribution in [2.75, 3.05) is 0 Å². The predicted molar refractivity (Wildman–Crippen MR) is 71.1 cm³/mol. The molecule has 21 heavy (non-hydrogen) atoms. The van der Waals surface area contributed by atoms with E-state index >= 15 is 0 Å². The minimum Gasteiger partial charge on any atom is -0.262 e. The van der Waals surface area contributed by atoms with Crippen LogP contribution in [0.15, 0.2) is 12.3 Å². The summed E-state index contributed by atoms with van der Waals surface area (Å²) in [6.45, 7) is 5.88. The number of hydrogen-bond donors (Lipinski definition) is 0. The molecule has 0 unspecified atom stereocenters. The van der Waals surface area contributed by atoms with Crippen LogP contribution in [0.25, 0.3) is 10.9 Å². The number of benzene rings is 1. The number of halogens is 5. The Bertz CT molecular complexity index is 614. The molecule has 0 fully saturated rings. The lowest BCUT2D eigenvalue weighted by molar-refractivity contribution is -0.142. The Morgan fingerprint density at radius 1 is 1.19 bits per heavy atom. The second kappa shape index (κ2) is 6.41. The summed E-state index contributed by atoms with van der Waals surface area (Å²) >= 11 is 0. The summed E-state index contributed by atoms with van der Waals surface area (Å²) in [6.07, 6.45) is -3.51. The molecule has 0 saturated heterocycles. The molecule has 1 aromatic carbocycles. The third-order valence-corrected chi connectivity index (χ3v) is 2.70. The molecule has 118 valence electrons. The van der Waals surface area contributed by atoms with E-state index in [0.29, 0.717) is 4.68 Å². The summed E-state index contributed by atoms with van der Waals surface area (Å²) in [7, 11) is 0. The summed E-state index contributed by atoms with van der Waals surface area (Å²) in [5, 5.41) is 3.43. The van der Waals surface area contributed by atoms with E-state index in [1.807, 2.05) is 13.8 Å². The first-order chi connectivity index (χ1) is 9.69. The van der Waals surface area contributed by atoms with Gasteiger partial charge in [-0.2, -0.15) is 18.3 Å². The highest BCUT2D eigenvalue weighted by molar-refractivity contribution is 5.80. The van der Waals surface area contributed by atoms with Crippen LogP contribution < -0.4 is 0 Å². The molecule has 0 amide bonds. The van der Waals surface area contributed by atoms with Crippen LogP contribution >= 0.6 is 0 Å². The third-order valence-electron chi connectivity index (χ3n) is 2.70. The standard InChI is InChI=1S/C12H11F5N2.C2H6/c1-6(2)10-8(13)3-9-7(11(10)14)4-19(18-9)5-12(15,16)17;1-2/h3-4,6H,5H2,1-2H3;1-2H3. The Kier molecular flexibility index (Phi) is 5.31. The molecule has 2 rings (SSSR count). The fraction of sp³-hybridized carbons (Fsp3) is 0.500. The average molecular weight is 308 g/mol. The Balaban J connectivity index is 0.00000106. The molecule has 0 bridgehead atoms. The van der Waals surface area contributed by atoms with Crippen molar-refractivity contribution in [2.24, 2.45) is 0 Å². The fourth-order valence-corrected chi connectivity index (χ4v) is 1.95. The summed E-state index contributed by atoms with van der Waals surface area (Å²) in [4.78, 5) is 0. The number of rotatable bonds is 2. The molecule has 0 aliphatic carbocycles. The van der Waals surface area contributed by atoms with E-state index in [2.05, 4.69) is 5.10 Å². The van der Waals surface area contributed by atoms with Crippen molar-refractivity contribution in [3.8, 4) is 0 Å². The molecule has 0 aliphatic rings. The topological polar surface area (TPSA) is 17.8 Å². The van der Waals surface area contributed by atoms with Crippen LogP contribution in [-0.4, -0.2) is 16.0 Å². The molecule has 2 nitrogen and oxygen atoms in total. The van der Waals surface area contributed by atoms with Gasteiger partial charge in [-0.1, -0.05) is 27.7 Å². The monoisotopic (exact) mass is 308 g/mol. The van der Waals surface area contributed by atoms with E-state index in [4.69, 9.17) is 0 Å². The van der Waals surface area contributed by atoms with Gasteiger partial charge in [0.25, 0.3) is 0 Å². The van der Waals surface area contributed by atoms with E-state index in [9.17, 15) is 22.0 Å². The molecule has 0 N–H and O–H groups in total. The summed E-state index contributed by atoms with van der Waals surface area (Å²) in [5.41, 5.74) is -0.261. The normalized spacial score (nSPS) is 11.7. The second-order valence-corrected chi connectivity index (χ2v) is 4.62. The molecule has 0 radical (unpaired) electrons. The Morgan fingerprint density at radius 3 is 2.24 bits per heavy atom. The van der Waals surface area contributed by atoms with Crippen LogP contribution in [-0.2, 0) is 6.54 Å². The Labute approximate surface area is 119 Å². The maximum absolute atomic E-state index is 14.1. The van der Waals surface area contributed by atoms with Crippen LogP contribution in [0, 0.1) is 11.6 Å². The minimum absolute atomic E-state index is 0.102. The maximum Gasteiger partial charge on any atom is 0.408 e. The van der Waals surface area contributed by atoms with Crippen LogP contribution in [0.1, 0.15) is 39.2 Å². The van der Waals surface area contributed by atoms with Gasteiger partial charge in [-0.25, -0.2) is 8.78 Å². The van der Waals surface area contributed by atoms with E-state index in [0.717, 1.165) is 12.3 Å². The van der Waals surface area contributed by atoms with Crippen molar-refractivity contribution in [2.45, 2.75) is 46.3 Å². The maximum atomic E-state index is 14.1. The van der Waals surface area contributed by atoms with Crippen molar-refractivity contribution >= 4 is 10.9 Å². The lowest BCUT2D eigenvalue weighted by Gasteiger charge is -2.08. The number of alkyl halides is 3. The Hall–Kier alpha value is -1.66. The first-order valence-electron chi connectivity index (χ1n) is 6.61. The Morgan fingerprint density at radius 2 is 1.76 bits per heavy atom. The largest absolute Gasteiger partial charge is 0.408 e. The first kappa shape index (κ1) is 17.4. The van der Waals surface area contributed by atoms with Crippen molar-refractivity contribution in [1.29, 1.82) is 0 Å². The highest BCUT2D eigenvalue weighted by Crippen LogP contribution is 2.29. The molecule has 1 aromatic heterocycles. The molecule has 0 aliphatic heterocycles. The van der Waals surface area contributed by atoms with Gasteiger partial charge in [-0.3, -0.25) is 4.68 Å². The van der Waals surface area contributed by atoms with Gasteiger partial charge in [0.15, 0.2) is 0 Å². The zero-order chi connectivity index (χ0) is 16.4. The van der Waals surface area contributed by atoms with Gasteiger partial charge >= 0.3 is 6.18 Å². The summed E-state index contributed by atoms with van der Waals surface area (Å²) in [6, 6.07) is 0.959. The number of nitrogens with zero attached hydrogens (tertiary/aromatic N) is 2. The van der Waals surface area contributed by atoms with Gasteiger partial charge in [0, 0.05) is 17.8 Å². The summed E-state index contributed by atoms with van der Waals surface area (Å²) in [5.74, 6) is -2.05. The van der Waals surface area contributed by atoms with Gasteiger partial charge in [0.2, 0.25) is 0 Å². The minimum atomic E-state index is -4.46. The SMILES string of the molecule is CC.CC(C)c1c(F)cc2nn(CC(F)(F)F)cc2c1F. The number of fused-ring (bicyclic) bond motifs is 1. The molecule has 7 heteroatoms. The lowest BCUT2D eigenvalue weighted by atomic mass is 10.00.